The highest BCUT2D eigenvalue weighted by atomic mass is 19.4. The Labute approximate surface area is 269 Å². The summed E-state index contributed by atoms with van der Waals surface area (Å²) in [5.41, 5.74) is -1.14. The third kappa shape index (κ3) is 8.85. The maximum atomic E-state index is 14.2. The van der Waals surface area contributed by atoms with Crippen LogP contribution in [0.15, 0.2) is 12.7 Å². The zero-order valence-electron chi connectivity index (χ0n) is 28.1. The zero-order chi connectivity index (χ0) is 34.9. The van der Waals surface area contributed by atoms with Crippen LogP contribution >= 0.6 is 0 Å². The number of hydrogen-bond acceptors (Lipinski definition) is 6. The molecular formula is C34H50F3N3O6. The molecule has 0 aromatic rings. The lowest BCUT2D eigenvalue weighted by molar-refractivity contribution is -0.148. The number of likely N-dealkylation sites (tertiary alicyclic amines) is 1. The maximum Gasteiger partial charge on any atom is 0.389 e. The highest BCUT2D eigenvalue weighted by molar-refractivity contribution is 6.38. The molecule has 1 heterocycles. The van der Waals surface area contributed by atoms with Crippen LogP contribution in [0.5, 0.6) is 0 Å². The first-order chi connectivity index (χ1) is 21.1. The Morgan fingerprint density at radius 1 is 1.02 bits per heavy atom. The second kappa shape index (κ2) is 14.0. The summed E-state index contributed by atoms with van der Waals surface area (Å²) in [7, 11) is 0. The minimum atomic E-state index is -4.59. The van der Waals surface area contributed by atoms with E-state index in [-0.39, 0.29) is 54.3 Å². The van der Waals surface area contributed by atoms with Gasteiger partial charge >= 0.3 is 12.2 Å². The predicted molar refractivity (Wildman–Crippen MR) is 165 cm³/mol. The maximum absolute atomic E-state index is 14.2. The van der Waals surface area contributed by atoms with Crippen molar-refractivity contribution in [2.24, 2.45) is 40.4 Å². The number of Topliss-reactive ketones (excluding diaryl/α,β-unsaturated/α-hetero) is 4. The van der Waals surface area contributed by atoms with Crippen LogP contribution in [0.25, 0.3) is 0 Å². The molecule has 0 aromatic carbocycles. The first kappa shape index (κ1) is 37.4. The number of nitrogens with zero attached hydrogens (tertiary/aromatic N) is 1. The average Bonchev–Trinajstić information content (AvgIpc) is 3.82. The van der Waals surface area contributed by atoms with Gasteiger partial charge in [-0.2, -0.15) is 13.2 Å². The SMILES string of the molecule is C=CCCC(=O)C(=O)C(CCC(F)(F)F)CC(=O)[C@@H]1[C@@H]2[C@H](CN1C(=O)[C@@H](NC(=O)N[C@H](C(=O)C1CC1)C(C)C)C(C)(C)C)C2(C)C. The van der Waals surface area contributed by atoms with Crippen molar-refractivity contribution >= 4 is 35.1 Å². The molecule has 0 bridgehead atoms. The molecule has 3 rings (SSSR count). The molecule has 46 heavy (non-hydrogen) atoms. The molecule has 0 spiro atoms. The van der Waals surface area contributed by atoms with Crippen LogP contribution < -0.4 is 10.6 Å². The number of nitrogens with one attached hydrogen (secondary N) is 2. The van der Waals surface area contributed by atoms with Crippen LogP contribution in [0.3, 0.4) is 0 Å². The quantitative estimate of drug-likeness (QED) is 0.174. The number of urea groups is 1. The van der Waals surface area contributed by atoms with Crippen molar-refractivity contribution in [1.82, 2.24) is 15.5 Å². The lowest BCUT2D eigenvalue weighted by Gasteiger charge is -2.38. The Bertz CT molecular complexity index is 1230. The zero-order valence-corrected chi connectivity index (χ0v) is 28.1. The lowest BCUT2D eigenvalue weighted by atomic mass is 9.83. The van der Waals surface area contributed by atoms with Gasteiger partial charge in [0.15, 0.2) is 17.3 Å². The topological polar surface area (TPSA) is 130 Å². The summed E-state index contributed by atoms with van der Waals surface area (Å²) in [5, 5.41) is 5.47. The summed E-state index contributed by atoms with van der Waals surface area (Å²) in [5.74, 6) is -5.08. The average molecular weight is 654 g/mol. The Kier molecular flexibility index (Phi) is 11.4. The molecule has 1 aliphatic heterocycles. The monoisotopic (exact) mass is 653 g/mol. The van der Waals surface area contributed by atoms with E-state index in [1.807, 2.05) is 27.7 Å². The smallest absolute Gasteiger partial charge is 0.330 e. The number of allylic oxidation sites excluding steroid dienone is 1. The van der Waals surface area contributed by atoms with Crippen LogP contribution in [-0.2, 0) is 24.0 Å². The van der Waals surface area contributed by atoms with E-state index in [4.69, 9.17) is 0 Å². The van der Waals surface area contributed by atoms with E-state index in [9.17, 15) is 41.9 Å². The summed E-state index contributed by atoms with van der Waals surface area (Å²) < 4.78 is 39.5. The van der Waals surface area contributed by atoms with Gasteiger partial charge in [0.05, 0.1) is 12.1 Å². The van der Waals surface area contributed by atoms with Crippen molar-refractivity contribution in [2.45, 2.75) is 118 Å². The van der Waals surface area contributed by atoms with E-state index >= 15 is 0 Å². The molecule has 2 aliphatic carbocycles. The fraction of sp³-hybridized carbons (Fsp3) is 0.765. The molecule has 9 nitrogen and oxygen atoms in total. The van der Waals surface area contributed by atoms with Crippen molar-refractivity contribution in [3.05, 3.63) is 12.7 Å². The number of fused-ring (bicyclic) bond motifs is 1. The summed E-state index contributed by atoms with van der Waals surface area (Å²) in [6.07, 6.45) is -4.29. The predicted octanol–water partition coefficient (Wildman–Crippen LogP) is 5.21. The summed E-state index contributed by atoms with van der Waals surface area (Å²) in [4.78, 5) is 81.0. The first-order valence-electron chi connectivity index (χ1n) is 16.3. The molecule has 1 saturated heterocycles. The van der Waals surface area contributed by atoms with Crippen LogP contribution in [0.4, 0.5) is 18.0 Å². The number of ketones is 4. The van der Waals surface area contributed by atoms with E-state index in [2.05, 4.69) is 17.2 Å². The van der Waals surface area contributed by atoms with E-state index in [1.54, 1.807) is 20.8 Å². The summed E-state index contributed by atoms with van der Waals surface area (Å²) in [6, 6.07) is -3.54. The number of amides is 3. The van der Waals surface area contributed by atoms with Crippen molar-refractivity contribution in [3.8, 4) is 0 Å². The minimum Gasteiger partial charge on any atom is -0.330 e. The van der Waals surface area contributed by atoms with Gasteiger partial charge in [0.1, 0.15) is 6.04 Å². The number of rotatable bonds is 16. The van der Waals surface area contributed by atoms with Gasteiger partial charge in [0, 0.05) is 37.6 Å². The Morgan fingerprint density at radius 3 is 2.13 bits per heavy atom. The fourth-order valence-corrected chi connectivity index (χ4v) is 6.81. The molecule has 3 amide bonds. The van der Waals surface area contributed by atoms with E-state index in [0.29, 0.717) is 0 Å². The normalized spacial score (nSPS) is 24.0. The fourth-order valence-electron chi connectivity index (χ4n) is 6.81. The van der Waals surface area contributed by atoms with E-state index in [1.165, 1.54) is 11.0 Å². The summed E-state index contributed by atoms with van der Waals surface area (Å²) in [6.45, 7) is 16.5. The molecular weight excluding hydrogens is 603 g/mol. The second-order valence-corrected chi connectivity index (χ2v) is 15.3. The molecule has 2 saturated carbocycles. The lowest BCUT2D eigenvalue weighted by Crippen LogP contribution is -2.61. The molecule has 0 radical (unpaired) electrons. The second-order valence-electron chi connectivity index (χ2n) is 15.3. The molecule has 3 aliphatic rings. The highest BCUT2D eigenvalue weighted by Crippen LogP contribution is 2.65. The Morgan fingerprint density at radius 2 is 1.63 bits per heavy atom. The van der Waals surface area contributed by atoms with E-state index in [0.717, 1.165) is 12.8 Å². The molecule has 6 atom stereocenters. The van der Waals surface area contributed by atoms with Crippen molar-refractivity contribution in [1.29, 1.82) is 0 Å². The molecule has 258 valence electrons. The number of halogens is 3. The summed E-state index contributed by atoms with van der Waals surface area (Å²) >= 11 is 0. The number of piperidine rings is 1. The van der Waals surface area contributed by atoms with Gasteiger partial charge in [0.2, 0.25) is 11.7 Å². The molecule has 2 N–H and O–H groups in total. The number of alkyl halides is 3. The third-order valence-electron chi connectivity index (χ3n) is 9.89. The first-order valence-corrected chi connectivity index (χ1v) is 16.3. The van der Waals surface area contributed by atoms with Gasteiger partial charge in [-0.1, -0.05) is 54.5 Å². The van der Waals surface area contributed by atoms with Crippen molar-refractivity contribution in [2.75, 3.05) is 6.54 Å². The van der Waals surface area contributed by atoms with Crippen molar-refractivity contribution in [3.63, 3.8) is 0 Å². The third-order valence-corrected chi connectivity index (χ3v) is 9.89. The van der Waals surface area contributed by atoms with Crippen LogP contribution in [0, 0.1) is 40.4 Å². The Balaban J connectivity index is 1.84. The minimum absolute atomic E-state index is 0.0473. The van der Waals surface area contributed by atoms with Crippen LogP contribution in [0.2, 0.25) is 0 Å². The van der Waals surface area contributed by atoms with Gasteiger partial charge in [-0.15, -0.1) is 6.58 Å². The van der Waals surface area contributed by atoms with Gasteiger partial charge < -0.3 is 15.5 Å². The highest BCUT2D eigenvalue weighted by Gasteiger charge is 2.69. The van der Waals surface area contributed by atoms with Gasteiger partial charge in [-0.25, -0.2) is 4.79 Å². The van der Waals surface area contributed by atoms with Gasteiger partial charge in [-0.3, -0.25) is 24.0 Å². The Hall–Kier alpha value is -3.05. The standard InChI is InChI=1S/C34H50F3N3O6/c1-9-10-11-22(41)27(43)20(14-15-34(35,36)37)16-23(42)26-24-21(33(24,7)8)17-40(26)30(45)29(32(4,5)6)39-31(46)38-25(18(2)3)28(44)19-12-13-19/h9,18-21,24-26,29H,1,10-17H2,2-8H3,(H2,38,39,46)/t20?,21-,24-,25-,26+,29+/m0/s1. The molecule has 1 unspecified atom stereocenters. The number of carbonyl (C=O) groups is 6. The number of carbonyl (C=O) groups excluding carboxylic acids is 6. The molecule has 3 fully saturated rings. The van der Waals surface area contributed by atoms with Crippen LogP contribution in [0.1, 0.15) is 93.4 Å². The van der Waals surface area contributed by atoms with E-state index < -0.39 is 84.2 Å². The van der Waals surface area contributed by atoms with Crippen molar-refractivity contribution < 1.29 is 41.9 Å². The van der Waals surface area contributed by atoms with Gasteiger partial charge in [-0.05, 0) is 54.3 Å². The molecule has 12 heteroatoms. The van der Waals surface area contributed by atoms with Gasteiger partial charge in [0.25, 0.3) is 0 Å². The molecule has 0 aromatic heterocycles. The number of hydrogen-bond donors (Lipinski definition) is 2. The van der Waals surface area contributed by atoms with Crippen LogP contribution in [-0.4, -0.2) is 70.8 Å². The largest absolute Gasteiger partial charge is 0.389 e.